The van der Waals surface area contributed by atoms with Crippen LogP contribution < -0.4 is 10.6 Å². The zero-order valence-electron chi connectivity index (χ0n) is 12.0. The van der Waals surface area contributed by atoms with Gasteiger partial charge in [0.25, 0.3) is 0 Å². The lowest BCUT2D eigenvalue weighted by Gasteiger charge is -2.11. The molecule has 0 aliphatic carbocycles. The van der Waals surface area contributed by atoms with Gasteiger partial charge >= 0.3 is 6.03 Å². The molecule has 2 amide bonds. The minimum Gasteiger partial charge on any atom is -0.338 e. The Morgan fingerprint density at radius 1 is 1.23 bits per heavy atom. The fourth-order valence-corrected chi connectivity index (χ4v) is 2.62. The van der Waals surface area contributed by atoms with Crippen LogP contribution in [0.15, 0.2) is 47.4 Å². The average molecular weight is 339 g/mol. The third kappa shape index (κ3) is 4.93. The number of carbonyl (C=O) groups is 1. The smallest absolute Gasteiger partial charge is 0.319 e. The number of rotatable bonds is 5. The van der Waals surface area contributed by atoms with E-state index in [1.54, 1.807) is 24.3 Å². The second kappa shape index (κ2) is 8.06. The highest BCUT2D eigenvalue weighted by atomic mass is 35.5. The molecule has 116 valence electrons. The van der Waals surface area contributed by atoms with Crippen molar-refractivity contribution in [2.75, 3.05) is 18.1 Å². The molecule has 0 aliphatic rings. The molecule has 0 bridgehead atoms. The lowest BCUT2D eigenvalue weighted by molar-refractivity contribution is 0.252. The van der Waals surface area contributed by atoms with Crippen LogP contribution in [0.3, 0.4) is 0 Å². The molecule has 0 atom stereocenters. The zero-order valence-corrected chi connectivity index (χ0v) is 13.6. The van der Waals surface area contributed by atoms with Gasteiger partial charge in [-0.3, -0.25) is 0 Å². The molecule has 3 nitrogen and oxygen atoms in total. The topological polar surface area (TPSA) is 41.1 Å². The molecule has 0 aliphatic heterocycles. The zero-order chi connectivity index (χ0) is 15.9. The molecule has 2 rings (SSSR count). The van der Waals surface area contributed by atoms with E-state index in [9.17, 15) is 9.18 Å². The summed E-state index contributed by atoms with van der Waals surface area (Å²) < 4.78 is 12.8. The maximum atomic E-state index is 12.8. The lowest BCUT2D eigenvalue weighted by Crippen LogP contribution is -2.30. The highest BCUT2D eigenvalue weighted by molar-refractivity contribution is 7.98. The maximum Gasteiger partial charge on any atom is 0.319 e. The Bertz CT molecular complexity index is 649. The third-order valence-electron chi connectivity index (χ3n) is 3.02. The van der Waals surface area contributed by atoms with Crippen LogP contribution in [0.1, 0.15) is 5.56 Å². The first-order valence-electron chi connectivity index (χ1n) is 6.71. The number of carbonyl (C=O) groups excluding carboxylic acids is 1. The minimum absolute atomic E-state index is 0.264. The summed E-state index contributed by atoms with van der Waals surface area (Å²) in [6.07, 6.45) is 2.57. The van der Waals surface area contributed by atoms with E-state index in [-0.39, 0.29) is 11.8 Å². The van der Waals surface area contributed by atoms with Crippen LogP contribution in [0, 0.1) is 5.82 Å². The quantitative estimate of drug-likeness (QED) is 0.784. The summed E-state index contributed by atoms with van der Waals surface area (Å²) >= 11 is 7.47. The van der Waals surface area contributed by atoms with Gasteiger partial charge in [-0.05, 0) is 48.6 Å². The third-order valence-corrected chi connectivity index (χ3v) is 4.05. The van der Waals surface area contributed by atoms with Gasteiger partial charge < -0.3 is 10.6 Å². The number of benzene rings is 2. The predicted molar refractivity (Wildman–Crippen MR) is 90.4 cm³/mol. The summed E-state index contributed by atoms with van der Waals surface area (Å²) in [7, 11) is 0. The van der Waals surface area contributed by atoms with E-state index in [1.165, 1.54) is 23.9 Å². The Balaban J connectivity index is 1.85. The molecule has 0 unspecified atom stereocenters. The predicted octanol–water partition coefficient (Wildman–Crippen LogP) is 4.57. The van der Waals surface area contributed by atoms with E-state index in [4.69, 9.17) is 11.6 Å². The molecule has 2 aromatic rings. The summed E-state index contributed by atoms with van der Waals surface area (Å²) in [6.45, 7) is 0.465. The highest BCUT2D eigenvalue weighted by Crippen LogP contribution is 2.28. The molecule has 2 N–H and O–H groups in total. The molecule has 0 aromatic heterocycles. The molecular formula is C16H16ClFN2OS. The number of halogens is 2. The second-order valence-corrected chi connectivity index (χ2v) is 5.89. The molecule has 0 spiro atoms. The Morgan fingerprint density at radius 2 is 1.95 bits per heavy atom. The Kier molecular flexibility index (Phi) is 6.10. The highest BCUT2D eigenvalue weighted by Gasteiger charge is 2.07. The van der Waals surface area contributed by atoms with Crippen LogP contribution in [-0.2, 0) is 6.42 Å². The second-order valence-electron chi connectivity index (χ2n) is 4.60. The molecule has 6 heteroatoms. The van der Waals surface area contributed by atoms with E-state index < -0.39 is 0 Å². The molecule has 0 fully saturated rings. The molecule has 0 saturated carbocycles. The molecule has 0 saturated heterocycles. The first kappa shape index (κ1) is 16.6. The van der Waals surface area contributed by atoms with Crippen LogP contribution in [0.5, 0.6) is 0 Å². The van der Waals surface area contributed by atoms with Gasteiger partial charge in [0.2, 0.25) is 0 Å². The fraction of sp³-hybridized carbons (Fsp3) is 0.188. The maximum absolute atomic E-state index is 12.8. The molecule has 22 heavy (non-hydrogen) atoms. The summed E-state index contributed by atoms with van der Waals surface area (Å²) in [5.41, 5.74) is 1.65. The van der Waals surface area contributed by atoms with E-state index in [1.807, 2.05) is 12.3 Å². The van der Waals surface area contributed by atoms with Gasteiger partial charge in [0.05, 0.1) is 5.69 Å². The van der Waals surface area contributed by atoms with Gasteiger partial charge in [0.15, 0.2) is 0 Å². The Hall–Kier alpha value is -1.72. The van der Waals surface area contributed by atoms with Crippen molar-refractivity contribution in [3.05, 3.63) is 58.9 Å². The van der Waals surface area contributed by atoms with Crippen molar-refractivity contribution in [1.82, 2.24) is 5.32 Å². The SMILES string of the molecule is CSc1ccc(Cl)cc1NC(=O)NCCc1ccc(F)cc1. The molecule has 2 aromatic carbocycles. The van der Waals surface area contributed by atoms with Crippen LogP contribution in [0.2, 0.25) is 5.02 Å². The largest absolute Gasteiger partial charge is 0.338 e. The number of hydrogen-bond donors (Lipinski definition) is 2. The van der Waals surface area contributed by atoms with Crippen LogP contribution in [0.4, 0.5) is 14.9 Å². The Morgan fingerprint density at radius 3 is 2.64 bits per heavy atom. The normalized spacial score (nSPS) is 10.3. The van der Waals surface area contributed by atoms with Crippen molar-refractivity contribution >= 4 is 35.1 Å². The van der Waals surface area contributed by atoms with Crippen molar-refractivity contribution in [2.45, 2.75) is 11.3 Å². The summed E-state index contributed by atoms with van der Waals surface area (Å²) in [4.78, 5) is 12.8. The standard InChI is InChI=1S/C16H16ClFN2OS/c1-22-15-7-4-12(17)10-14(15)20-16(21)19-9-8-11-2-5-13(18)6-3-11/h2-7,10H,8-9H2,1H3,(H2,19,20,21). The van der Waals surface area contributed by atoms with Gasteiger partial charge in [-0.25, -0.2) is 9.18 Å². The number of urea groups is 1. The van der Waals surface area contributed by atoms with Crippen molar-refractivity contribution in [2.24, 2.45) is 0 Å². The van der Waals surface area contributed by atoms with E-state index in [0.29, 0.717) is 23.7 Å². The average Bonchev–Trinajstić information content (AvgIpc) is 2.49. The van der Waals surface area contributed by atoms with E-state index in [0.717, 1.165) is 10.5 Å². The molecular weight excluding hydrogens is 323 g/mol. The van der Waals surface area contributed by atoms with Gasteiger partial charge in [0.1, 0.15) is 5.82 Å². The first-order chi connectivity index (χ1) is 10.6. The summed E-state index contributed by atoms with van der Waals surface area (Å²) in [5.74, 6) is -0.264. The summed E-state index contributed by atoms with van der Waals surface area (Å²) in [6, 6.07) is 11.3. The van der Waals surface area contributed by atoms with Gasteiger partial charge in [-0.15, -0.1) is 11.8 Å². The minimum atomic E-state index is -0.292. The fourth-order valence-electron chi connectivity index (χ4n) is 1.92. The van der Waals surface area contributed by atoms with Crippen molar-refractivity contribution in [3.63, 3.8) is 0 Å². The number of hydrogen-bond acceptors (Lipinski definition) is 2. The molecule has 0 radical (unpaired) electrons. The van der Waals surface area contributed by atoms with Crippen LogP contribution >= 0.6 is 23.4 Å². The number of nitrogens with one attached hydrogen (secondary N) is 2. The van der Waals surface area contributed by atoms with Crippen LogP contribution in [0.25, 0.3) is 0 Å². The monoisotopic (exact) mass is 338 g/mol. The lowest BCUT2D eigenvalue weighted by atomic mass is 10.1. The first-order valence-corrected chi connectivity index (χ1v) is 8.31. The van der Waals surface area contributed by atoms with Crippen molar-refractivity contribution < 1.29 is 9.18 Å². The van der Waals surface area contributed by atoms with E-state index in [2.05, 4.69) is 10.6 Å². The number of thioether (sulfide) groups is 1. The van der Waals surface area contributed by atoms with E-state index >= 15 is 0 Å². The van der Waals surface area contributed by atoms with Crippen LogP contribution in [-0.4, -0.2) is 18.8 Å². The van der Waals surface area contributed by atoms with Gasteiger partial charge in [0, 0.05) is 16.5 Å². The number of anilines is 1. The van der Waals surface area contributed by atoms with Crippen molar-refractivity contribution in [3.8, 4) is 0 Å². The number of amides is 2. The van der Waals surface area contributed by atoms with Gasteiger partial charge in [-0.2, -0.15) is 0 Å². The molecule has 0 heterocycles. The Labute approximate surface area is 138 Å². The summed E-state index contributed by atoms with van der Waals surface area (Å²) in [5, 5.41) is 6.12. The van der Waals surface area contributed by atoms with Gasteiger partial charge in [-0.1, -0.05) is 23.7 Å². The van der Waals surface area contributed by atoms with Crippen molar-refractivity contribution in [1.29, 1.82) is 0 Å².